The van der Waals surface area contributed by atoms with Crippen molar-refractivity contribution in [3.05, 3.63) is 28.8 Å². The van der Waals surface area contributed by atoms with Crippen LogP contribution in [0.15, 0.2) is 18.2 Å². The molecule has 0 aromatic heterocycles. The van der Waals surface area contributed by atoms with Crippen molar-refractivity contribution in [3.63, 3.8) is 0 Å². The van der Waals surface area contributed by atoms with Gasteiger partial charge in [-0.3, -0.25) is 0 Å². The maximum absolute atomic E-state index is 6.53. The van der Waals surface area contributed by atoms with Crippen LogP contribution < -0.4 is 5.19 Å². The summed E-state index contributed by atoms with van der Waals surface area (Å²) in [6.07, 6.45) is 0. The highest BCUT2D eigenvalue weighted by Gasteiger charge is 2.42. The molecule has 0 radical (unpaired) electrons. The first-order valence-corrected chi connectivity index (χ1v) is 16.5. The Bertz CT molecular complexity index is 462. The van der Waals surface area contributed by atoms with Crippen LogP contribution in [0.5, 0.6) is 0 Å². The number of hydrogen-bond acceptors (Lipinski definition) is 2. The molecule has 1 aromatic carbocycles. The molecule has 6 heteroatoms. The highest BCUT2D eigenvalue weighted by atomic mass is 35.5. The van der Waals surface area contributed by atoms with Gasteiger partial charge < -0.3 is 8.23 Å². The zero-order valence-corrected chi connectivity index (χ0v) is 17.7. The summed E-state index contributed by atoms with van der Waals surface area (Å²) in [6.45, 7) is 17.5. The van der Waals surface area contributed by atoms with Crippen LogP contribution in [0.3, 0.4) is 0 Å². The van der Waals surface area contributed by atoms with Gasteiger partial charge in [-0.25, -0.2) is 0 Å². The first-order chi connectivity index (χ1) is 8.82. The summed E-state index contributed by atoms with van der Waals surface area (Å²) < 4.78 is 13.1. The molecular formula is C14H27ClO2Si3. The number of rotatable bonds is 5. The third-order valence-corrected chi connectivity index (χ3v) is 12.5. The molecule has 1 aromatic rings. The summed E-state index contributed by atoms with van der Waals surface area (Å²) >= 11 is 6.15. The molecule has 0 atom stereocenters. The Morgan fingerprint density at radius 3 is 1.65 bits per heavy atom. The minimum Gasteiger partial charge on any atom is -0.433 e. The normalized spacial score (nSPS) is 13.7. The molecule has 0 saturated heterocycles. The first-order valence-electron chi connectivity index (χ1n) is 6.99. The molecule has 0 heterocycles. The highest BCUT2D eigenvalue weighted by molar-refractivity contribution is 6.94. The average Bonchev–Trinajstić information content (AvgIpc) is 2.16. The van der Waals surface area contributed by atoms with Crippen LogP contribution >= 0.6 is 11.6 Å². The Balaban J connectivity index is 3.25. The number of halogens is 1. The summed E-state index contributed by atoms with van der Waals surface area (Å²) in [6, 6.07) is 6.16. The molecule has 0 spiro atoms. The second-order valence-electron chi connectivity index (χ2n) is 7.34. The van der Waals surface area contributed by atoms with Crippen molar-refractivity contribution in [2.75, 3.05) is 0 Å². The average molecular weight is 347 g/mol. The molecule has 1 rings (SSSR count). The minimum absolute atomic E-state index is 0.797. The van der Waals surface area contributed by atoms with E-state index >= 15 is 0 Å². The van der Waals surface area contributed by atoms with E-state index in [1.165, 1.54) is 5.19 Å². The van der Waals surface area contributed by atoms with Crippen LogP contribution in [0, 0.1) is 6.92 Å². The summed E-state index contributed by atoms with van der Waals surface area (Å²) in [5, 5.41) is 1.98. The molecule has 20 heavy (non-hydrogen) atoms. The van der Waals surface area contributed by atoms with E-state index < -0.39 is 25.2 Å². The highest BCUT2D eigenvalue weighted by Crippen LogP contribution is 2.22. The topological polar surface area (TPSA) is 18.5 Å². The van der Waals surface area contributed by atoms with Gasteiger partial charge in [0.25, 0.3) is 0 Å². The Morgan fingerprint density at radius 1 is 0.850 bits per heavy atom. The van der Waals surface area contributed by atoms with E-state index in [0.29, 0.717) is 0 Å². The van der Waals surface area contributed by atoms with Crippen LogP contribution in [0.2, 0.25) is 50.9 Å². The van der Waals surface area contributed by atoms with Gasteiger partial charge in [0.15, 0.2) is 16.6 Å². The smallest absolute Gasteiger partial charge is 0.348 e. The van der Waals surface area contributed by atoms with Gasteiger partial charge in [0.2, 0.25) is 0 Å². The molecule has 114 valence electrons. The molecule has 0 amide bonds. The standard InChI is InChI=1S/C14H27ClO2Si3/c1-12-11-13(9-10-14(12)15)20(8,16-18(2,3)4)17-19(5,6)7/h9-11H,1-8H3. The second-order valence-corrected chi connectivity index (χ2v) is 20.3. The molecule has 0 aliphatic rings. The lowest BCUT2D eigenvalue weighted by Crippen LogP contribution is -2.60. The van der Waals surface area contributed by atoms with Crippen molar-refractivity contribution >= 4 is 42.0 Å². The molecule has 0 saturated carbocycles. The molecule has 0 aliphatic carbocycles. The number of benzene rings is 1. The van der Waals surface area contributed by atoms with Crippen LogP contribution in [0.25, 0.3) is 0 Å². The Kier molecular flexibility index (Phi) is 5.49. The van der Waals surface area contributed by atoms with Crippen molar-refractivity contribution < 1.29 is 8.23 Å². The summed E-state index contributed by atoms with van der Waals surface area (Å²) in [5.41, 5.74) is 1.08. The summed E-state index contributed by atoms with van der Waals surface area (Å²) in [7, 11) is -5.75. The van der Waals surface area contributed by atoms with Gasteiger partial charge in [-0.05, 0) is 69.6 Å². The van der Waals surface area contributed by atoms with Crippen molar-refractivity contribution in [3.8, 4) is 0 Å². The second kappa shape index (κ2) is 6.06. The number of hydrogen-bond donors (Lipinski definition) is 0. The summed E-state index contributed by atoms with van der Waals surface area (Å²) in [4.78, 5) is 0. The third-order valence-electron chi connectivity index (χ3n) is 2.68. The molecular weight excluding hydrogens is 320 g/mol. The van der Waals surface area contributed by atoms with E-state index in [4.69, 9.17) is 19.8 Å². The Labute approximate surface area is 132 Å². The lowest BCUT2D eigenvalue weighted by Gasteiger charge is -2.38. The fourth-order valence-corrected chi connectivity index (χ4v) is 14.0. The van der Waals surface area contributed by atoms with E-state index in [1.807, 2.05) is 13.0 Å². The Morgan fingerprint density at radius 2 is 1.30 bits per heavy atom. The van der Waals surface area contributed by atoms with Crippen molar-refractivity contribution in [1.29, 1.82) is 0 Å². The molecule has 0 N–H and O–H groups in total. The molecule has 0 fully saturated rings. The zero-order valence-electron chi connectivity index (χ0n) is 13.9. The Hall–Kier alpha value is 0.0806. The largest absolute Gasteiger partial charge is 0.433 e. The molecule has 0 aliphatic heterocycles. The van der Waals surface area contributed by atoms with Gasteiger partial charge in [0.05, 0.1) is 0 Å². The fourth-order valence-electron chi connectivity index (χ4n) is 2.23. The van der Waals surface area contributed by atoms with Gasteiger partial charge in [-0.1, -0.05) is 23.7 Å². The van der Waals surface area contributed by atoms with E-state index in [0.717, 1.165) is 10.6 Å². The van der Waals surface area contributed by atoms with Crippen molar-refractivity contribution in [2.24, 2.45) is 0 Å². The van der Waals surface area contributed by atoms with Crippen LogP contribution in [-0.4, -0.2) is 25.2 Å². The molecule has 2 nitrogen and oxygen atoms in total. The van der Waals surface area contributed by atoms with Gasteiger partial charge in [-0.2, -0.15) is 0 Å². The maximum atomic E-state index is 6.53. The third kappa shape index (κ3) is 5.46. The van der Waals surface area contributed by atoms with Gasteiger partial charge >= 0.3 is 8.56 Å². The quantitative estimate of drug-likeness (QED) is 0.723. The van der Waals surface area contributed by atoms with Crippen molar-refractivity contribution in [1.82, 2.24) is 0 Å². The lowest BCUT2D eigenvalue weighted by atomic mass is 10.2. The summed E-state index contributed by atoms with van der Waals surface area (Å²) in [5.74, 6) is 0. The minimum atomic E-state index is -2.39. The van der Waals surface area contributed by atoms with Crippen LogP contribution in [0.4, 0.5) is 0 Å². The number of aryl methyl sites for hydroxylation is 1. The van der Waals surface area contributed by atoms with E-state index in [9.17, 15) is 0 Å². The van der Waals surface area contributed by atoms with E-state index in [2.05, 4.69) is 58.0 Å². The predicted octanol–water partition coefficient (Wildman–Crippen LogP) is 4.63. The van der Waals surface area contributed by atoms with Crippen LogP contribution in [-0.2, 0) is 8.23 Å². The lowest BCUT2D eigenvalue weighted by molar-refractivity contribution is 0.404. The first kappa shape index (κ1) is 18.1. The van der Waals surface area contributed by atoms with Crippen LogP contribution in [0.1, 0.15) is 5.56 Å². The van der Waals surface area contributed by atoms with E-state index in [-0.39, 0.29) is 0 Å². The van der Waals surface area contributed by atoms with E-state index in [1.54, 1.807) is 0 Å². The van der Waals surface area contributed by atoms with Gasteiger partial charge in [-0.15, -0.1) is 0 Å². The molecule has 0 unspecified atom stereocenters. The van der Waals surface area contributed by atoms with Gasteiger partial charge in [0, 0.05) is 5.02 Å². The van der Waals surface area contributed by atoms with Crippen molar-refractivity contribution in [2.45, 2.75) is 52.8 Å². The maximum Gasteiger partial charge on any atom is 0.348 e. The SMILES string of the molecule is Cc1cc([Si](C)(O[Si](C)(C)C)O[Si](C)(C)C)ccc1Cl. The van der Waals surface area contributed by atoms with Gasteiger partial charge in [0.1, 0.15) is 0 Å². The zero-order chi connectivity index (χ0) is 15.8. The monoisotopic (exact) mass is 346 g/mol. The molecule has 0 bridgehead atoms. The predicted molar refractivity (Wildman–Crippen MR) is 96.3 cm³/mol. The fraction of sp³-hybridized carbons (Fsp3) is 0.571.